The Hall–Kier alpha value is -2.24. The Bertz CT molecular complexity index is 1050. The predicted molar refractivity (Wildman–Crippen MR) is 119 cm³/mol. The van der Waals surface area contributed by atoms with Crippen LogP contribution in [0.25, 0.3) is 10.8 Å². The molecule has 0 atom stereocenters. The number of para-hydroxylation sites is 1. The molecule has 28 heavy (non-hydrogen) atoms. The van der Waals surface area contributed by atoms with E-state index in [0.717, 1.165) is 39.8 Å². The number of carbonyl (C=O) groups is 2. The topological polar surface area (TPSA) is 37.4 Å². The molecule has 5 heteroatoms. The first-order valence-corrected chi connectivity index (χ1v) is 11.8. The zero-order valence-electron chi connectivity index (χ0n) is 15.7. The molecular weight excluding hydrogens is 386 g/mol. The highest BCUT2D eigenvalue weighted by atomic mass is 33.1. The summed E-state index contributed by atoms with van der Waals surface area (Å²) in [6, 6.07) is 19.4. The van der Waals surface area contributed by atoms with E-state index in [1.807, 2.05) is 60.7 Å². The van der Waals surface area contributed by atoms with Gasteiger partial charge in [0.2, 0.25) is 5.91 Å². The van der Waals surface area contributed by atoms with Gasteiger partial charge in [0.25, 0.3) is 5.91 Å². The van der Waals surface area contributed by atoms with E-state index in [9.17, 15) is 9.59 Å². The Morgan fingerprint density at radius 3 is 2.61 bits per heavy atom. The van der Waals surface area contributed by atoms with Gasteiger partial charge in [-0.3, -0.25) is 9.59 Å². The van der Waals surface area contributed by atoms with Crippen LogP contribution in [0.1, 0.15) is 35.7 Å². The second-order valence-corrected chi connectivity index (χ2v) is 9.22. The van der Waals surface area contributed by atoms with Crippen molar-refractivity contribution in [2.75, 3.05) is 10.7 Å². The largest absolute Gasteiger partial charge is 0.274 e. The molecule has 1 aliphatic rings. The van der Waals surface area contributed by atoms with Crippen molar-refractivity contribution in [3.8, 4) is 0 Å². The van der Waals surface area contributed by atoms with Crippen molar-refractivity contribution in [2.45, 2.75) is 31.1 Å². The van der Waals surface area contributed by atoms with Gasteiger partial charge in [-0.05, 0) is 34.9 Å². The number of anilines is 1. The molecule has 0 N–H and O–H groups in total. The number of fused-ring (bicyclic) bond motifs is 3. The summed E-state index contributed by atoms with van der Waals surface area (Å²) >= 11 is 0. The first-order valence-electron chi connectivity index (χ1n) is 9.47. The number of nitrogens with zero attached hydrogens (tertiary/aromatic N) is 1. The molecule has 0 fully saturated rings. The van der Waals surface area contributed by atoms with E-state index < -0.39 is 0 Å². The standard InChI is InChI=1S/C23H21NO2S2/c1-2-3-14-27-28-20-11-7-6-10-19(20)24-21(25)15-17-13-12-16-8-4-5-9-18(16)22(17)23(24)26/h4-13H,2-3,14-15H2,1H3. The average molecular weight is 408 g/mol. The van der Waals surface area contributed by atoms with Crippen LogP contribution in [0.5, 0.6) is 0 Å². The van der Waals surface area contributed by atoms with Gasteiger partial charge in [-0.2, -0.15) is 0 Å². The molecule has 0 bridgehead atoms. The third-order valence-electron chi connectivity index (χ3n) is 4.86. The van der Waals surface area contributed by atoms with E-state index in [0.29, 0.717) is 11.3 Å². The van der Waals surface area contributed by atoms with Gasteiger partial charge in [0.05, 0.1) is 17.7 Å². The number of unbranched alkanes of at least 4 members (excludes halogenated alkanes) is 1. The molecule has 4 rings (SSSR count). The zero-order chi connectivity index (χ0) is 19.5. The van der Waals surface area contributed by atoms with Gasteiger partial charge < -0.3 is 0 Å². The minimum Gasteiger partial charge on any atom is -0.274 e. The Balaban J connectivity index is 1.73. The van der Waals surface area contributed by atoms with Crippen LogP contribution in [0.15, 0.2) is 65.6 Å². The summed E-state index contributed by atoms with van der Waals surface area (Å²) in [5, 5.41) is 1.92. The number of benzene rings is 3. The molecule has 0 saturated carbocycles. The van der Waals surface area contributed by atoms with E-state index in [2.05, 4.69) is 6.92 Å². The fourth-order valence-electron chi connectivity index (χ4n) is 3.45. The maximum atomic E-state index is 13.5. The second kappa shape index (κ2) is 8.41. The molecule has 3 aromatic carbocycles. The van der Waals surface area contributed by atoms with Gasteiger partial charge in [-0.25, -0.2) is 4.90 Å². The summed E-state index contributed by atoms with van der Waals surface area (Å²) in [5.74, 6) is 0.652. The van der Waals surface area contributed by atoms with Gasteiger partial charge in [0.1, 0.15) is 0 Å². The maximum Gasteiger partial charge on any atom is 0.266 e. The third-order valence-corrected chi connectivity index (χ3v) is 7.35. The van der Waals surface area contributed by atoms with Crippen molar-refractivity contribution in [3.05, 3.63) is 71.8 Å². The van der Waals surface area contributed by atoms with Crippen molar-refractivity contribution in [3.63, 3.8) is 0 Å². The Labute approximate surface area is 172 Å². The molecule has 0 saturated heterocycles. The molecular formula is C23H21NO2S2. The summed E-state index contributed by atoms with van der Waals surface area (Å²) in [6.45, 7) is 2.17. The lowest BCUT2D eigenvalue weighted by molar-refractivity contribution is -0.117. The minimum atomic E-state index is -0.227. The predicted octanol–water partition coefficient (Wildman–Crippen LogP) is 6.11. The Kier molecular flexibility index (Phi) is 5.74. The fourth-order valence-corrected chi connectivity index (χ4v) is 5.85. The number of hydrogen-bond acceptors (Lipinski definition) is 4. The Morgan fingerprint density at radius 2 is 1.75 bits per heavy atom. The van der Waals surface area contributed by atoms with Gasteiger partial charge in [-0.1, -0.05) is 83.5 Å². The average Bonchev–Trinajstić information content (AvgIpc) is 2.71. The second-order valence-electron chi connectivity index (χ2n) is 6.76. The van der Waals surface area contributed by atoms with Gasteiger partial charge in [0, 0.05) is 10.6 Å². The fraction of sp³-hybridized carbons (Fsp3) is 0.217. The van der Waals surface area contributed by atoms with Crippen LogP contribution < -0.4 is 4.90 Å². The first-order chi connectivity index (χ1) is 13.7. The van der Waals surface area contributed by atoms with E-state index in [4.69, 9.17) is 0 Å². The highest BCUT2D eigenvalue weighted by Gasteiger charge is 2.34. The highest BCUT2D eigenvalue weighted by molar-refractivity contribution is 8.76. The molecule has 1 aliphatic heterocycles. The van der Waals surface area contributed by atoms with Crippen molar-refractivity contribution in [2.24, 2.45) is 0 Å². The SMILES string of the molecule is CCCCSSc1ccccc1N1C(=O)Cc2ccc3ccccc3c2C1=O. The van der Waals surface area contributed by atoms with Crippen LogP contribution in [0.4, 0.5) is 5.69 Å². The summed E-state index contributed by atoms with van der Waals surface area (Å²) in [7, 11) is 3.41. The Morgan fingerprint density at radius 1 is 0.964 bits per heavy atom. The number of hydrogen-bond donors (Lipinski definition) is 0. The zero-order valence-corrected chi connectivity index (χ0v) is 17.3. The highest BCUT2D eigenvalue weighted by Crippen LogP contribution is 2.40. The summed E-state index contributed by atoms with van der Waals surface area (Å²) < 4.78 is 0. The van der Waals surface area contributed by atoms with E-state index in [1.54, 1.807) is 21.6 Å². The van der Waals surface area contributed by atoms with Crippen LogP contribution in [0.3, 0.4) is 0 Å². The quantitative estimate of drug-likeness (QED) is 0.281. The number of amides is 2. The smallest absolute Gasteiger partial charge is 0.266 e. The van der Waals surface area contributed by atoms with E-state index in [1.165, 1.54) is 4.90 Å². The van der Waals surface area contributed by atoms with Crippen LogP contribution in [0, 0.1) is 0 Å². The molecule has 3 aromatic rings. The normalized spacial score (nSPS) is 13.8. The van der Waals surface area contributed by atoms with Gasteiger partial charge >= 0.3 is 0 Å². The van der Waals surface area contributed by atoms with E-state index in [-0.39, 0.29) is 18.2 Å². The molecule has 142 valence electrons. The van der Waals surface area contributed by atoms with Crippen LogP contribution in [-0.2, 0) is 11.2 Å². The van der Waals surface area contributed by atoms with Crippen LogP contribution in [-0.4, -0.2) is 17.6 Å². The summed E-state index contributed by atoms with van der Waals surface area (Å²) in [6.07, 6.45) is 2.55. The lowest BCUT2D eigenvalue weighted by Crippen LogP contribution is -2.42. The van der Waals surface area contributed by atoms with Crippen molar-refractivity contribution in [1.82, 2.24) is 0 Å². The molecule has 3 nitrogen and oxygen atoms in total. The molecule has 2 amide bonds. The minimum absolute atomic E-state index is 0.167. The number of carbonyl (C=O) groups excluding carboxylic acids is 2. The monoisotopic (exact) mass is 407 g/mol. The molecule has 0 radical (unpaired) electrons. The van der Waals surface area contributed by atoms with Crippen molar-refractivity contribution < 1.29 is 9.59 Å². The van der Waals surface area contributed by atoms with Gasteiger partial charge in [0.15, 0.2) is 0 Å². The molecule has 0 spiro atoms. The third kappa shape index (κ3) is 3.56. The maximum absolute atomic E-state index is 13.5. The van der Waals surface area contributed by atoms with Crippen LogP contribution >= 0.6 is 21.6 Å². The molecule has 0 unspecified atom stereocenters. The van der Waals surface area contributed by atoms with Crippen molar-refractivity contribution in [1.29, 1.82) is 0 Å². The van der Waals surface area contributed by atoms with Crippen molar-refractivity contribution >= 4 is 49.9 Å². The summed E-state index contributed by atoms with van der Waals surface area (Å²) in [5.41, 5.74) is 2.15. The van der Waals surface area contributed by atoms with Gasteiger partial charge in [-0.15, -0.1) is 0 Å². The summed E-state index contributed by atoms with van der Waals surface area (Å²) in [4.78, 5) is 28.7. The van der Waals surface area contributed by atoms with Crippen LogP contribution in [0.2, 0.25) is 0 Å². The molecule has 0 aliphatic carbocycles. The lowest BCUT2D eigenvalue weighted by atomic mass is 9.92. The number of imide groups is 1. The molecule has 1 heterocycles. The first kappa shape index (κ1) is 19.1. The van der Waals surface area contributed by atoms with E-state index >= 15 is 0 Å². The lowest BCUT2D eigenvalue weighted by Gasteiger charge is -2.29. The molecule has 0 aromatic heterocycles. The number of rotatable bonds is 6.